The van der Waals surface area contributed by atoms with Crippen molar-refractivity contribution < 1.29 is 4.79 Å². The van der Waals surface area contributed by atoms with Crippen molar-refractivity contribution >= 4 is 5.91 Å². The van der Waals surface area contributed by atoms with Crippen LogP contribution < -0.4 is 11.1 Å². The highest BCUT2D eigenvalue weighted by Gasteiger charge is 2.27. The topological polar surface area (TPSA) is 61.6 Å². The minimum absolute atomic E-state index is 0.258. The van der Waals surface area contributed by atoms with Crippen molar-refractivity contribution in [3.8, 4) is 0 Å². The molecule has 0 aromatic heterocycles. The van der Waals surface area contributed by atoms with Gasteiger partial charge in [-0.15, -0.1) is 0 Å². The zero-order chi connectivity index (χ0) is 14.3. The number of carbonyl (C=O) groups excluding carboxylic acids is 1. The molecule has 5 nitrogen and oxygen atoms in total. The zero-order valence-corrected chi connectivity index (χ0v) is 12.7. The molecule has 1 aliphatic heterocycles. The maximum atomic E-state index is 11.4. The van der Waals surface area contributed by atoms with Crippen molar-refractivity contribution in [1.82, 2.24) is 15.1 Å². The molecule has 1 saturated heterocycles. The molecule has 5 heteroatoms. The average Bonchev–Trinajstić information content (AvgIpc) is 2.59. The van der Waals surface area contributed by atoms with Gasteiger partial charge in [0, 0.05) is 13.1 Å². The molecule has 3 N–H and O–H groups in total. The quantitative estimate of drug-likeness (QED) is 0.651. The summed E-state index contributed by atoms with van der Waals surface area (Å²) in [4.78, 5) is 16.3. The Morgan fingerprint density at radius 3 is 2.63 bits per heavy atom. The van der Waals surface area contributed by atoms with E-state index in [1.807, 2.05) is 6.92 Å². The summed E-state index contributed by atoms with van der Waals surface area (Å²) in [6, 6.07) is 0. The van der Waals surface area contributed by atoms with Gasteiger partial charge in [-0.05, 0) is 66.3 Å². The van der Waals surface area contributed by atoms with Crippen molar-refractivity contribution in [3.05, 3.63) is 0 Å². The minimum Gasteiger partial charge on any atom is -0.368 e. The second-order valence-electron chi connectivity index (χ2n) is 5.90. The van der Waals surface area contributed by atoms with Crippen LogP contribution in [-0.4, -0.2) is 68.1 Å². The van der Waals surface area contributed by atoms with Crippen molar-refractivity contribution in [1.29, 1.82) is 0 Å². The molecule has 0 aliphatic carbocycles. The third-order valence-corrected chi connectivity index (χ3v) is 4.31. The van der Waals surface area contributed by atoms with E-state index in [1.54, 1.807) is 7.05 Å². The third-order valence-electron chi connectivity index (χ3n) is 4.31. The molecule has 0 aromatic carbocycles. The Bertz CT molecular complexity index is 285. The van der Waals surface area contributed by atoms with Gasteiger partial charge in [0.25, 0.3) is 0 Å². The summed E-state index contributed by atoms with van der Waals surface area (Å²) in [5, 5.41) is 3.04. The normalized spacial score (nSPS) is 21.8. The first kappa shape index (κ1) is 16.4. The maximum Gasteiger partial charge on any atom is 0.237 e. The van der Waals surface area contributed by atoms with Crippen LogP contribution in [0.4, 0.5) is 0 Å². The Morgan fingerprint density at radius 2 is 2.00 bits per heavy atom. The Kier molecular flexibility index (Phi) is 6.75. The van der Waals surface area contributed by atoms with Crippen LogP contribution >= 0.6 is 0 Å². The van der Waals surface area contributed by atoms with Crippen LogP contribution in [0.5, 0.6) is 0 Å². The largest absolute Gasteiger partial charge is 0.368 e. The van der Waals surface area contributed by atoms with Gasteiger partial charge in [0.15, 0.2) is 0 Å². The lowest BCUT2D eigenvalue weighted by molar-refractivity contribution is -0.123. The molecule has 1 fully saturated rings. The molecule has 1 amide bonds. The summed E-state index contributed by atoms with van der Waals surface area (Å²) < 4.78 is 0. The van der Waals surface area contributed by atoms with E-state index in [0.717, 1.165) is 38.9 Å². The van der Waals surface area contributed by atoms with Crippen LogP contribution in [-0.2, 0) is 4.79 Å². The summed E-state index contributed by atoms with van der Waals surface area (Å²) in [6.45, 7) is 7.74. The number of nitrogens with one attached hydrogen (secondary N) is 1. The van der Waals surface area contributed by atoms with Crippen molar-refractivity contribution in [3.63, 3.8) is 0 Å². The lowest BCUT2D eigenvalue weighted by Crippen LogP contribution is -2.51. The molecule has 0 spiro atoms. The number of nitrogens with zero attached hydrogens (tertiary/aromatic N) is 2. The molecule has 0 aromatic rings. The summed E-state index contributed by atoms with van der Waals surface area (Å²) in [6.07, 6.45) is 4.24. The first-order valence-electron chi connectivity index (χ1n) is 7.37. The fourth-order valence-corrected chi connectivity index (χ4v) is 2.51. The van der Waals surface area contributed by atoms with Gasteiger partial charge in [-0.25, -0.2) is 0 Å². The van der Waals surface area contributed by atoms with Crippen LogP contribution in [0.15, 0.2) is 0 Å². The number of hydrogen-bond donors (Lipinski definition) is 2. The van der Waals surface area contributed by atoms with Crippen molar-refractivity contribution in [2.45, 2.75) is 38.1 Å². The fraction of sp³-hybridized carbons (Fsp3) is 0.929. The Hall–Kier alpha value is -0.650. The van der Waals surface area contributed by atoms with Gasteiger partial charge >= 0.3 is 0 Å². The lowest BCUT2D eigenvalue weighted by atomic mass is 9.94. The van der Waals surface area contributed by atoms with Crippen molar-refractivity contribution in [2.75, 3.05) is 46.8 Å². The molecule has 1 unspecified atom stereocenters. The standard InChI is InChI=1S/C14H30N4O/c1-14(16-2,13(15)19)7-4-5-9-18-10-6-8-17(3)11-12-18/h16H,4-12H2,1-3H3,(H2,15,19). The first-order chi connectivity index (χ1) is 8.98. The van der Waals surface area contributed by atoms with E-state index < -0.39 is 5.54 Å². The number of unbranched alkanes of at least 4 members (excludes halogenated alkanes) is 1. The van der Waals surface area contributed by atoms with Gasteiger partial charge in [-0.3, -0.25) is 4.79 Å². The van der Waals surface area contributed by atoms with E-state index in [4.69, 9.17) is 5.73 Å². The van der Waals surface area contributed by atoms with E-state index in [-0.39, 0.29) is 5.91 Å². The summed E-state index contributed by atoms with van der Waals surface area (Å²) in [5.74, 6) is -0.258. The van der Waals surface area contributed by atoms with Crippen LogP contribution in [0.2, 0.25) is 0 Å². The Morgan fingerprint density at radius 1 is 1.26 bits per heavy atom. The maximum absolute atomic E-state index is 11.4. The predicted molar refractivity (Wildman–Crippen MR) is 79.1 cm³/mol. The molecule has 1 heterocycles. The first-order valence-corrected chi connectivity index (χ1v) is 7.37. The molecular weight excluding hydrogens is 240 g/mol. The third kappa shape index (κ3) is 5.47. The smallest absolute Gasteiger partial charge is 0.237 e. The monoisotopic (exact) mass is 270 g/mol. The molecule has 0 radical (unpaired) electrons. The molecule has 1 aliphatic rings. The van der Waals surface area contributed by atoms with E-state index in [0.29, 0.717) is 0 Å². The molecular formula is C14H30N4O. The van der Waals surface area contributed by atoms with Crippen LogP contribution in [0.25, 0.3) is 0 Å². The van der Waals surface area contributed by atoms with E-state index in [9.17, 15) is 4.79 Å². The highest BCUT2D eigenvalue weighted by atomic mass is 16.1. The number of likely N-dealkylation sites (N-methyl/N-ethyl adjacent to an activating group) is 2. The number of primary amides is 1. The second-order valence-corrected chi connectivity index (χ2v) is 5.90. The summed E-state index contributed by atoms with van der Waals surface area (Å²) >= 11 is 0. The van der Waals surface area contributed by atoms with E-state index in [2.05, 4.69) is 22.2 Å². The predicted octanol–water partition coefficient (Wildman–Crippen LogP) is 0.258. The van der Waals surface area contributed by atoms with Crippen molar-refractivity contribution in [2.24, 2.45) is 5.73 Å². The van der Waals surface area contributed by atoms with Gasteiger partial charge in [0.05, 0.1) is 5.54 Å². The van der Waals surface area contributed by atoms with Gasteiger partial charge in [0.2, 0.25) is 5.91 Å². The van der Waals surface area contributed by atoms with Gasteiger partial charge < -0.3 is 20.9 Å². The number of nitrogens with two attached hydrogens (primary N) is 1. The van der Waals surface area contributed by atoms with Crippen LogP contribution in [0.1, 0.15) is 32.6 Å². The SMILES string of the molecule is CNC(C)(CCCCN1CCCN(C)CC1)C(N)=O. The lowest BCUT2D eigenvalue weighted by Gasteiger charge is -2.26. The molecule has 19 heavy (non-hydrogen) atoms. The van der Waals surface area contributed by atoms with Gasteiger partial charge in [-0.2, -0.15) is 0 Å². The summed E-state index contributed by atoms with van der Waals surface area (Å²) in [7, 11) is 3.99. The average molecular weight is 270 g/mol. The minimum atomic E-state index is -0.557. The highest BCUT2D eigenvalue weighted by molar-refractivity contribution is 5.84. The van der Waals surface area contributed by atoms with E-state index in [1.165, 1.54) is 19.5 Å². The number of rotatable bonds is 7. The Labute approximate surface area is 117 Å². The van der Waals surface area contributed by atoms with Crippen LogP contribution in [0.3, 0.4) is 0 Å². The van der Waals surface area contributed by atoms with Gasteiger partial charge in [-0.1, -0.05) is 0 Å². The molecule has 1 rings (SSSR count). The second kappa shape index (κ2) is 7.82. The number of amides is 1. The highest BCUT2D eigenvalue weighted by Crippen LogP contribution is 2.13. The molecule has 1 atom stereocenters. The molecule has 112 valence electrons. The van der Waals surface area contributed by atoms with Crippen LogP contribution in [0, 0.1) is 0 Å². The molecule has 0 saturated carbocycles. The van der Waals surface area contributed by atoms with E-state index >= 15 is 0 Å². The number of hydrogen-bond acceptors (Lipinski definition) is 4. The number of carbonyl (C=O) groups is 1. The fourth-order valence-electron chi connectivity index (χ4n) is 2.51. The Balaban J connectivity index is 2.21. The summed E-state index contributed by atoms with van der Waals surface area (Å²) in [5.41, 5.74) is 4.87. The zero-order valence-electron chi connectivity index (χ0n) is 12.7. The van der Waals surface area contributed by atoms with Gasteiger partial charge in [0.1, 0.15) is 0 Å². The molecule has 0 bridgehead atoms.